The minimum absolute atomic E-state index is 0.0683. The highest BCUT2D eigenvalue weighted by molar-refractivity contribution is 5.91. The molecule has 0 heterocycles. The fraction of sp³-hybridized carbons (Fsp3) is 0.438. The summed E-state index contributed by atoms with van der Waals surface area (Å²) in [5.41, 5.74) is 1.10. The third kappa shape index (κ3) is 3.11. The van der Waals surface area contributed by atoms with Crippen molar-refractivity contribution in [2.45, 2.75) is 32.2 Å². The van der Waals surface area contributed by atoms with Gasteiger partial charge in [0.15, 0.2) is 11.6 Å². The van der Waals surface area contributed by atoms with E-state index in [1.165, 1.54) is 0 Å². The van der Waals surface area contributed by atoms with Gasteiger partial charge in [-0.1, -0.05) is 37.3 Å². The molecule has 1 aromatic rings. The molecule has 1 aliphatic carbocycles. The van der Waals surface area contributed by atoms with Crippen LogP contribution in [0, 0.1) is 5.92 Å². The number of benzene rings is 1. The Labute approximate surface area is 114 Å². The van der Waals surface area contributed by atoms with E-state index in [0.29, 0.717) is 13.0 Å². The molecule has 19 heavy (non-hydrogen) atoms. The normalized spacial score (nSPS) is 26.6. The molecule has 0 radical (unpaired) electrons. The van der Waals surface area contributed by atoms with Crippen LogP contribution in [0.4, 0.5) is 0 Å². The SMILES string of the molecule is CCC1CC(=O)C=CC1(OC)OCc1ccccc1. The number of rotatable bonds is 5. The number of ether oxygens (including phenoxy) is 2. The molecule has 1 aromatic carbocycles. The third-order valence-electron chi connectivity index (χ3n) is 3.64. The van der Waals surface area contributed by atoms with Crippen molar-refractivity contribution in [2.75, 3.05) is 7.11 Å². The van der Waals surface area contributed by atoms with Crippen LogP contribution >= 0.6 is 0 Å². The quantitative estimate of drug-likeness (QED) is 0.763. The number of allylic oxidation sites excluding steroid dienone is 1. The summed E-state index contributed by atoms with van der Waals surface area (Å²) >= 11 is 0. The maximum absolute atomic E-state index is 11.5. The molecule has 3 nitrogen and oxygen atoms in total. The Morgan fingerprint density at radius 1 is 1.32 bits per heavy atom. The Kier molecular flexibility index (Phi) is 4.51. The van der Waals surface area contributed by atoms with Crippen molar-refractivity contribution in [3.05, 3.63) is 48.0 Å². The Morgan fingerprint density at radius 3 is 2.68 bits per heavy atom. The average molecular weight is 260 g/mol. The van der Waals surface area contributed by atoms with E-state index >= 15 is 0 Å². The standard InChI is InChI=1S/C16H20O3/c1-3-14-11-15(17)9-10-16(14,18-2)19-12-13-7-5-4-6-8-13/h4-10,14H,3,11-12H2,1-2H3. The summed E-state index contributed by atoms with van der Waals surface area (Å²) in [5, 5.41) is 0. The lowest BCUT2D eigenvalue weighted by molar-refractivity contribution is -0.230. The van der Waals surface area contributed by atoms with E-state index in [-0.39, 0.29) is 11.7 Å². The van der Waals surface area contributed by atoms with Crippen LogP contribution in [0.3, 0.4) is 0 Å². The van der Waals surface area contributed by atoms with Crippen LogP contribution in [0.5, 0.6) is 0 Å². The topological polar surface area (TPSA) is 35.5 Å². The van der Waals surface area contributed by atoms with E-state index in [4.69, 9.17) is 9.47 Å². The van der Waals surface area contributed by atoms with Gasteiger partial charge in [0, 0.05) is 19.4 Å². The van der Waals surface area contributed by atoms with Gasteiger partial charge in [0.1, 0.15) is 0 Å². The predicted molar refractivity (Wildman–Crippen MR) is 73.5 cm³/mol. The van der Waals surface area contributed by atoms with Crippen LogP contribution in [-0.4, -0.2) is 18.7 Å². The molecular weight excluding hydrogens is 240 g/mol. The summed E-state index contributed by atoms with van der Waals surface area (Å²) < 4.78 is 11.6. The zero-order valence-corrected chi connectivity index (χ0v) is 11.5. The number of methoxy groups -OCH3 is 1. The van der Waals surface area contributed by atoms with E-state index in [2.05, 4.69) is 6.92 Å². The number of hydrogen-bond donors (Lipinski definition) is 0. The first kappa shape index (κ1) is 14.0. The van der Waals surface area contributed by atoms with Crippen LogP contribution in [0.15, 0.2) is 42.5 Å². The molecule has 0 bridgehead atoms. The van der Waals surface area contributed by atoms with Crippen LogP contribution in [0.25, 0.3) is 0 Å². The Balaban J connectivity index is 2.13. The fourth-order valence-electron chi connectivity index (χ4n) is 2.46. The summed E-state index contributed by atoms with van der Waals surface area (Å²) in [6.07, 6.45) is 4.66. The highest BCUT2D eigenvalue weighted by atomic mass is 16.7. The predicted octanol–water partition coefficient (Wildman–Crippen LogP) is 3.10. The van der Waals surface area contributed by atoms with E-state index in [9.17, 15) is 4.79 Å². The molecule has 0 N–H and O–H groups in total. The molecule has 102 valence electrons. The zero-order chi connectivity index (χ0) is 13.7. The first-order valence-electron chi connectivity index (χ1n) is 6.65. The number of carbonyl (C=O) groups excluding carboxylic acids is 1. The van der Waals surface area contributed by atoms with Crippen molar-refractivity contribution in [3.63, 3.8) is 0 Å². The smallest absolute Gasteiger partial charge is 0.191 e. The highest BCUT2D eigenvalue weighted by Crippen LogP contribution is 2.34. The first-order chi connectivity index (χ1) is 9.20. The monoisotopic (exact) mass is 260 g/mol. The van der Waals surface area contributed by atoms with Crippen LogP contribution in [-0.2, 0) is 20.9 Å². The summed E-state index contributed by atoms with van der Waals surface area (Å²) in [5.74, 6) is -0.569. The second-order valence-electron chi connectivity index (χ2n) is 4.81. The van der Waals surface area contributed by atoms with E-state index in [0.717, 1.165) is 12.0 Å². The molecule has 0 amide bonds. The molecule has 0 fully saturated rings. The number of carbonyl (C=O) groups is 1. The second-order valence-corrected chi connectivity index (χ2v) is 4.81. The molecule has 2 atom stereocenters. The van der Waals surface area contributed by atoms with E-state index in [1.54, 1.807) is 19.3 Å². The van der Waals surface area contributed by atoms with Gasteiger partial charge in [-0.25, -0.2) is 0 Å². The lowest BCUT2D eigenvalue weighted by Gasteiger charge is -2.38. The van der Waals surface area contributed by atoms with Crippen molar-refractivity contribution >= 4 is 5.78 Å². The lowest BCUT2D eigenvalue weighted by Crippen LogP contribution is -2.44. The van der Waals surface area contributed by atoms with Crippen molar-refractivity contribution in [2.24, 2.45) is 5.92 Å². The molecule has 0 aromatic heterocycles. The minimum atomic E-state index is -0.779. The zero-order valence-electron chi connectivity index (χ0n) is 11.5. The molecular formula is C16H20O3. The summed E-state index contributed by atoms with van der Waals surface area (Å²) in [6.45, 7) is 2.53. The van der Waals surface area contributed by atoms with Crippen LogP contribution in [0.2, 0.25) is 0 Å². The maximum atomic E-state index is 11.5. The molecule has 2 unspecified atom stereocenters. The van der Waals surface area contributed by atoms with Gasteiger partial charge in [0.05, 0.1) is 6.61 Å². The average Bonchev–Trinajstić information content (AvgIpc) is 2.47. The van der Waals surface area contributed by atoms with Crippen molar-refractivity contribution in [1.29, 1.82) is 0 Å². The molecule has 1 aliphatic rings. The maximum Gasteiger partial charge on any atom is 0.191 e. The Hall–Kier alpha value is -1.45. The summed E-state index contributed by atoms with van der Waals surface area (Å²) in [6, 6.07) is 9.97. The van der Waals surface area contributed by atoms with Gasteiger partial charge >= 0.3 is 0 Å². The van der Waals surface area contributed by atoms with Gasteiger partial charge in [-0.3, -0.25) is 4.79 Å². The minimum Gasteiger partial charge on any atom is -0.349 e. The third-order valence-corrected chi connectivity index (χ3v) is 3.64. The fourth-order valence-corrected chi connectivity index (χ4v) is 2.46. The molecule has 0 aliphatic heterocycles. The van der Waals surface area contributed by atoms with Gasteiger partial charge in [0.2, 0.25) is 0 Å². The molecule has 3 heteroatoms. The van der Waals surface area contributed by atoms with E-state index in [1.807, 2.05) is 30.3 Å². The summed E-state index contributed by atoms with van der Waals surface area (Å²) in [4.78, 5) is 11.5. The molecule has 2 rings (SSSR count). The number of hydrogen-bond acceptors (Lipinski definition) is 3. The molecule has 0 saturated carbocycles. The largest absolute Gasteiger partial charge is 0.349 e. The van der Waals surface area contributed by atoms with Gasteiger partial charge in [-0.05, 0) is 24.1 Å². The van der Waals surface area contributed by atoms with Gasteiger partial charge in [0.25, 0.3) is 0 Å². The summed E-state index contributed by atoms with van der Waals surface area (Å²) in [7, 11) is 1.63. The van der Waals surface area contributed by atoms with Crippen molar-refractivity contribution in [1.82, 2.24) is 0 Å². The van der Waals surface area contributed by atoms with Gasteiger partial charge < -0.3 is 9.47 Å². The highest BCUT2D eigenvalue weighted by Gasteiger charge is 2.40. The number of ketones is 1. The second kappa shape index (κ2) is 6.13. The van der Waals surface area contributed by atoms with E-state index < -0.39 is 5.79 Å². The van der Waals surface area contributed by atoms with Crippen LogP contribution < -0.4 is 0 Å². The Morgan fingerprint density at radius 2 is 2.05 bits per heavy atom. The molecule has 0 spiro atoms. The van der Waals surface area contributed by atoms with Crippen LogP contribution in [0.1, 0.15) is 25.3 Å². The lowest BCUT2D eigenvalue weighted by atomic mass is 9.85. The molecule has 0 saturated heterocycles. The van der Waals surface area contributed by atoms with Gasteiger partial charge in [-0.2, -0.15) is 0 Å². The van der Waals surface area contributed by atoms with Gasteiger partial charge in [-0.15, -0.1) is 0 Å². The van der Waals surface area contributed by atoms with Crippen molar-refractivity contribution < 1.29 is 14.3 Å². The van der Waals surface area contributed by atoms with Crippen molar-refractivity contribution in [3.8, 4) is 0 Å². The first-order valence-corrected chi connectivity index (χ1v) is 6.65. The Bertz CT molecular complexity index is 452.